The highest BCUT2D eigenvalue weighted by molar-refractivity contribution is 7.89. The summed E-state index contributed by atoms with van der Waals surface area (Å²) in [7, 11) is -3.92. The van der Waals surface area contributed by atoms with Crippen molar-refractivity contribution in [3.63, 3.8) is 0 Å². The average molecular weight is 330 g/mol. The van der Waals surface area contributed by atoms with Gasteiger partial charge >= 0.3 is 0 Å². The summed E-state index contributed by atoms with van der Waals surface area (Å²) in [5.41, 5.74) is -0.470. The zero-order valence-corrected chi connectivity index (χ0v) is 12.4. The second-order valence-electron chi connectivity index (χ2n) is 4.76. The molecule has 1 aromatic rings. The maximum Gasteiger partial charge on any atom is 0.289 e. The highest BCUT2D eigenvalue weighted by Crippen LogP contribution is 2.29. The van der Waals surface area contributed by atoms with Gasteiger partial charge in [0.05, 0.1) is 21.8 Å². The number of nitro benzene ring substituents is 1. The molecule has 1 aliphatic carbocycles. The highest BCUT2D eigenvalue weighted by atomic mass is 35.5. The van der Waals surface area contributed by atoms with E-state index in [4.69, 9.17) is 16.9 Å². The molecule has 7 nitrogen and oxygen atoms in total. The summed E-state index contributed by atoms with van der Waals surface area (Å²) in [6, 6.07) is 4.90. The first-order chi connectivity index (χ1) is 9.85. The van der Waals surface area contributed by atoms with Crippen LogP contribution >= 0.6 is 11.6 Å². The standard InChI is InChI=1S/C12H12ClN3O4S/c13-10-5-4-9(6-12(10)16(17)18)21(19,20)15-11-3-1-2-8(11)7-14/h4-6,8,11,15H,1-3H2. The van der Waals surface area contributed by atoms with Gasteiger partial charge in [-0.25, -0.2) is 13.1 Å². The molecule has 0 aromatic heterocycles. The number of sulfonamides is 1. The molecule has 1 N–H and O–H groups in total. The van der Waals surface area contributed by atoms with Gasteiger partial charge in [-0.05, 0) is 25.0 Å². The van der Waals surface area contributed by atoms with Crippen LogP contribution in [-0.4, -0.2) is 19.4 Å². The highest BCUT2D eigenvalue weighted by Gasteiger charge is 2.32. The van der Waals surface area contributed by atoms with E-state index < -0.39 is 26.7 Å². The first-order valence-corrected chi connectivity index (χ1v) is 8.07. The van der Waals surface area contributed by atoms with Gasteiger partial charge in [0.1, 0.15) is 5.02 Å². The first kappa shape index (κ1) is 15.7. The summed E-state index contributed by atoms with van der Waals surface area (Å²) in [4.78, 5) is 9.83. The number of rotatable bonds is 4. The van der Waals surface area contributed by atoms with E-state index in [9.17, 15) is 18.5 Å². The number of nitriles is 1. The molecule has 9 heteroatoms. The van der Waals surface area contributed by atoms with Crippen molar-refractivity contribution >= 4 is 27.3 Å². The Morgan fingerprint density at radius 3 is 2.76 bits per heavy atom. The van der Waals surface area contributed by atoms with Gasteiger partial charge in [-0.1, -0.05) is 18.0 Å². The Bertz CT molecular complexity index is 714. The fourth-order valence-electron chi connectivity index (χ4n) is 2.32. The number of nitrogens with one attached hydrogen (secondary N) is 1. The van der Waals surface area contributed by atoms with E-state index in [1.165, 1.54) is 12.1 Å². The number of halogens is 1. The van der Waals surface area contributed by atoms with Gasteiger partial charge in [0.2, 0.25) is 10.0 Å². The van der Waals surface area contributed by atoms with Gasteiger partial charge in [0.25, 0.3) is 5.69 Å². The molecule has 0 heterocycles. The first-order valence-electron chi connectivity index (χ1n) is 6.21. The lowest BCUT2D eigenvalue weighted by atomic mass is 10.1. The van der Waals surface area contributed by atoms with Crippen molar-refractivity contribution in [2.24, 2.45) is 5.92 Å². The Morgan fingerprint density at radius 2 is 2.14 bits per heavy atom. The molecule has 0 spiro atoms. The van der Waals surface area contributed by atoms with Crippen LogP contribution < -0.4 is 4.72 Å². The van der Waals surface area contributed by atoms with Gasteiger partial charge in [-0.3, -0.25) is 10.1 Å². The van der Waals surface area contributed by atoms with Crippen molar-refractivity contribution in [3.8, 4) is 6.07 Å². The van der Waals surface area contributed by atoms with Crippen LogP contribution in [0.4, 0.5) is 5.69 Å². The monoisotopic (exact) mass is 329 g/mol. The minimum Gasteiger partial charge on any atom is -0.258 e. The van der Waals surface area contributed by atoms with Crippen LogP contribution in [0.15, 0.2) is 23.1 Å². The maximum absolute atomic E-state index is 12.2. The van der Waals surface area contributed by atoms with E-state index >= 15 is 0 Å². The van der Waals surface area contributed by atoms with Crippen molar-refractivity contribution in [1.82, 2.24) is 4.72 Å². The number of hydrogen-bond acceptors (Lipinski definition) is 5. The van der Waals surface area contributed by atoms with Crippen LogP contribution in [0.5, 0.6) is 0 Å². The molecule has 0 saturated heterocycles. The van der Waals surface area contributed by atoms with Crippen LogP contribution in [0.1, 0.15) is 19.3 Å². The second kappa shape index (κ2) is 5.97. The van der Waals surface area contributed by atoms with Crippen LogP contribution in [-0.2, 0) is 10.0 Å². The van der Waals surface area contributed by atoms with Crippen molar-refractivity contribution in [1.29, 1.82) is 5.26 Å². The van der Waals surface area contributed by atoms with E-state index in [1.807, 2.05) is 0 Å². The Morgan fingerprint density at radius 1 is 1.43 bits per heavy atom. The normalized spacial score (nSPS) is 21.9. The molecular weight excluding hydrogens is 318 g/mol. The van der Waals surface area contributed by atoms with Crippen molar-refractivity contribution < 1.29 is 13.3 Å². The topological polar surface area (TPSA) is 113 Å². The van der Waals surface area contributed by atoms with E-state index in [0.717, 1.165) is 12.5 Å². The molecule has 2 unspecified atom stereocenters. The Balaban J connectivity index is 2.30. The molecule has 1 fully saturated rings. The molecule has 1 aromatic carbocycles. The van der Waals surface area contributed by atoms with Crippen LogP contribution in [0.25, 0.3) is 0 Å². The summed E-state index contributed by atoms with van der Waals surface area (Å²) >= 11 is 5.66. The third kappa shape index (κ3) is 3.32. The third-order valence-electron chi connectivity index (χ3n) is 3.41. The minimum atomic E-state index is -3.92. The van der Waals surface area contributed by atoms with Crippen LogP contribution in [0, 0.1) is 27.4 Å². The Labute approximate surface area is 126 Å². The van der Waals surface area contributed by atoms with Crippen molar-refractivity contribution in [3.05, 3.63) is 33.3 Å². The Kier molecular flexibility index (Phi) is 4.46. The molecule has 2 rings (SSSR count). The summed E-state index contributed by atoms with van der Waals surface area (Å²) in [6.45, 7) is 0. The zero-order valence-electron chi connectivity index (χ0n) is 10.8. The molecule has 0 aliphatic heterocycles. The minimum absolute atomic E-state index is 0.130. The van der Waals surface area contributed by atoms with Crippen molar-refractivity contribution in [2.75, 3.05) is 0 Å². The summed E-state index contributed by atoms with van der Waals surface area (Å²) < 4.78 is 26.9. The summed E-state index contributed by atoms with van der Waals surface area (Å²) in [5.74, 6) is -0.373. The van der Waals surface area contributed by atoms with Gasteiger partial charge < -0.3 is 0 Å². The lowest BCUT2D eigenvalue weighted by molar-refractivity contribution is -0.384. The number of nitrogens with zero attached hydrogens (tertiary/aromatic N) is 2. The summed E-state index contributed by atoms with van der Waals surface area (Å²) in [5, 5.41) is 19.6. The van der Waals surface area contributed by atoms with Crippen LogP contribution in [0.3, 0.4) is 0 Å². The van der Waals surface area contributed by atoms with E-state index in [-0.39, 0.29) is 15.8 Å². The predicted octanol–water partition coefficient (Wildman–Crippen LogP) is 2.22. The molecular formula is C12H12ClN3O4S. The SMILES string of the molecule is N#CC1CCCC1NS(=O)(=O)c1ccc(Cl)c([N+](=O)[O-])c1. The van der Waals surface area contributed by atoms with E-state index in [0.29, 0.717) is 12.8 Å². The molecule has 21 heavy (non-hydrogen) atoms. The number of benzene rings is 1. The fourth-order valence-corrected chi connectivity index (χ4v) is 3.84. The van der Waals surface area contributed by atoms with Gasteiger partial charge in [0, 0.05) is 12.1 Å². The zero-order chi connectivity index (χ0) is 15.6. The maximum atomic E-state index is 12.2. The number of nitro groups is 1. The predicted molar refractivity (Wildman–Crippen MR) is 75.2 cm³/mol. The molecule has 2 atom stereocenters. The second-order valence-corrected chi connectivity index (χ2v) is 6.89. The average Bonchev–Trinajstić information content (AvgIpc) is 2.85. The van der Waals surface area contributed by atoms with Crippen molar-refractivity contribution in [2.45, 2.75) is 30.2 Å². The van der Waals surface area contributed by atoms with Gasteiger partial charge in [0.15, 0.2) is 0 Å². The molecule has 0 radical (unpaired) electrons. The van der Waals surface area contributed by atoms with Crippen LogP contribution in [0.2, 0.25) is 5.02 Å². The quantitative estimate of drug-likeness (QED) is 0.672. The molecule has 112 valence electrons. The smallest absolute Gasteiger partial charge is 0.258 e. The third-order valence-corrected chi connectivity index (χ3v) is 5.22. The lowest BCUT2D eigenvalue weighted by Crippen LogP contribution is -2.36. The largest absolute Gasteiger partial charge is 0.289 e. The Hall–Kier alpha value is -1.69. The number of hydrogen-bond donors (Lipinski definition) is 1. The molecule has 0 amide bonds. The summed E-state index contributed by atoms with van der Waals surface area (Å²) in [6.07, 6.45) is 1.99. The molecule has 0 bridgehead atoms. The molecule has 1 aliphatic rings. The van der Waals surface area contributed by atoms with E-state index in [2.05, 4.69) is 10.8 Å². The lowest BCUT2D eigenvalue weighted by Gasteiger charge is -2.15. The van der Waals surface area contributed by atoms with Gasteiger partial charge in [-0.15, -0.1) is 0 Å². The van der Waals surface area contributed by atoms with Gasteiger partial charge in [-0.2, -0.15) is 5.26 Å². The molecule has 1 saturated carbocycles. The fraction of sp³-hybridized carbons (Fsp3) is 0.417. The van der Waals surface area contributed by atoms with E-state index in [1.54, 1.807) is 0 Å².